The molecular formula is C21H22N6O3S. The van der Waals surface area contributed by atoms with Gasteiger partial charge in [-0.1, -0.05) is 12.1 Å². The minimum atomic E-state index is -0.908. The molecule has 0 spiro atoms. The first-order valence-corrected chi connectivity index (χ1v) is 11.0. The zero-order valence-electron chi connectivity index (χ0n) is 17.0. The number of carbonyl (C=O) groups excluding carboxylic acids is 1. The summed E-state index contributed by atoms with van der Waals surface area (Å²) in [5.74, 6) is -0.00143. The summed E-state index contributed by atoms with van der Waals surface area (Å²) in [6.45, 7) is 4.42. The van der Waals surface area contributed by atoms with Crippen LogP contribution in [0.5, 0.6) is 0 Å². The Kier molecular flexibility index (Phi) is 5.26. The number of aliphatic hydroxyl groups excluding tert-OH is 1. The Morgan fingerprint density at radius 2 is 2.03 bits per heavy atom. The lowest BCUT2D eigenvalue weighted by molar-refractivity contribution is 0.0303. The maximum atomic E-state index is 12.6. The van der Waals surface area contributed by atoms with Gasteiger partial charge in [-0.2, -0.15) is 0 Å². The van der Waals surface area contributed by atoms with Gasteiger partial charge < -0.3 is 14.7 Å². The Bertz CT molecular complexity index is 1210. The van der Waals surface area contributed by atoms with E-state index in [0.717, 1.165) is 27.5 Å². The van der Waals surface area contributed by atoms with Crippen LogP contribution in [-0.4, -0.2) is 66.6 Å². The molecule has 4 heterocycles. The van der Waals surface area contributed by atoms with Crippen molar-refractivity contribution in [1.82, 2.24) is 29.3 Å². The maximum absolute atomic E-state index is 12.6. The summed E-state index contributed by atoms with van der Waals surface area (Å²) in [6, 6.07) is 7.23. The predicted octanol–water partition coefficient (Wildman–Crippen LogP) is 2.09. The molecule has 1 aliphatic heterocycles. The highest BCUT2D eigenvalue weighted by Crippen LogP contribution is 2.31. The summed E-state index contributed by atoms with van der Waals surface area (Å²) in [4.78, 5) is 20.6. The van der Waals surface area contributed by atoms with E-state index in [0.29, 0.717) is 37.6 Å². The number of morpholine rings is 1. The Balaban J connectivity index is 1.37. The van der Waals surface area contributed by atoms with Crippen molar-refractivity contribution in [2.24, 2.45) is 0 Å². The number of benzene rings is 1. The number of thiazole rings is 1. The molecule has 1 fully saturated rings. The molecule has 1 N–H and O–H groups in total. The second kappa shape index (κ2) is 8.22. The molecule has 0 radical (unpaired) electrons. The predicted molar refractivity (Wildman–Crippen MR) is 115 cm³/mol. The zero-order chi connectivity index (χ0) is 21.4. The topological polar surface area (TPSA) is 97.8 Å². The van der Waals surface area contributed by atoms with E-state index < -0.39 is 6.10 Å². The molecule has 3 aromatic heterocycles. The Morgan fingerprint density at radius 3 is 2.77 bits per heavy atom. The minimum Gasteiger partial charge on any atom is -0.380 e. The van der Waals surface area contributed by atoms with Crippen LogP contribution in [-0.2, 0) is 11.2 Å². The van der Waals surface area contributed by atoms with Gasteiger partial charge in [0.05, 0.1) is 37.0 Å². The third-order valence-corrected chi connectivity index (χ3v) is 6.68. The lowest BCUT2D eigenvalue weighted by atomic mass is 10.1. The molecule has 0 bridgehead atoms. The molecular weight excluding hydrogens is 416 g/mol. The summed E-state index contributed by atoms with van der Waals surface area (Å²) in [6.07, 6.45) is 5.11. The lowest BCUT2D eigenvalue weighted by Crippen LogP contribution is -2.40. The molecule has 1 aliphatic rings. The molecule has 160 valence electrons. The van der Waals surface area contributed by atoms with Crippen molar-refractivity contribution < 1.29 is 14.6 Å². The van der Waals surface area contributed by atoms with E-state index in [-0.39, 0.29) is 5.91 Å². The largest absolute Gasteiger partial charge is 0.380 e. The van der Waals surface area contributed by atoms with Crippen molar-refractivity contribution in [3.8, 4) is 5.69 Å². The number of aryl methyl sites for hydroxylation is 1. The van der Waals surface area contributed by atoms with Gasteiger partial charge >= 0.3 is 0 Å². The molecule has 1 unspecified atom stereocenters. The fourth-order valence-electron chi connectivity index (χ4n) is 3.76. The molecule has 10 heteroatoms. The minimum absolute atomic E-state index is 0.00143. The Labute approximate surface area is 182 Å². The second-order valence-electron chi connectivity index (χ2n) is 7.31. The van der Waals surface area contributed by atoms with Gasteiger partial charge in [0, 0.05) is 23.5 Å². The average molecular weight is 439 g/mol. The number of aliphatic hydroxyl groups is 1. The molecule has 9 nitrogen and oxygen atoms in total. The van der Waals surface area contributed by atoms with Gasteiger partial charge in [-0.15, -0.1) is 16.4 Å². The second-order valence-corrected chi connectivity index (χ2v) is 8.42. The fourth-order valence-corrected chi connectivity index (χ4v) is 4.83. The number of fused-ring (bicyclic) bond motifs is 1. The molecule has 4 aromatic rings. The van der Waals surface area contributed by atoms with Gasteiger partial charge in [0.2, 0.25) is 0 Å². The van der Waals surface area contributed by atoms with E-state index in [1.54, 1.807) is 51.8 Å². The maximum Gasteiger partial charge on any atom is 0.254 e. The van der Waals surface area contributed by atoms with Crippen molar-refractivity contribution in [2.75, 3.05) is 26.3 Å². The smallest absolute Gasteiger partial charge is 0.254 e. The molecule has 0 saturated carbocycles. The normalized spacial score (nSPS) is 15.5. The standard InChI is InChI=1S/C21H22N6O3S/c1-2-17-19(26-13-22-11-18(26)31-17)20(28)16-12-27(24-23-16)15-5-3-14(4-6-15)21(29)25-7-9-30-10-8-25/h3-6,11-13,20,28H,2,7-10H2,1H3. The van der Waals surface area contributed by atoms with Gasteiger partial charge in [0.15, 0.2) is 0 Å². The van der Waals surface area contributed by atoms with Gasteiger partial charge in [-0.25, -0.2) is 9.67 Å². The van der Waals surface area contributed by atoms with Crippen LogP contribution in [0.15, 0.2) is 43.0 Å². The quantitative estimate of drug-likeness (QED) is 0.512. The van der Waals surface area contributed by atoms with E-state index in [9.17, 15) is 9.90 Å². The van der Waals surface area contributed by atoms with Gasteiger partial charge in [-0.05, 0) is 30.7 Å². The molecule has 5 rings (SSSR count). The number of nitrogens with zero attached hydrogens (tertiary/aromatic N) is 6. The monoisotopic (exact) mass is 438 g/mol. The van der Waals surface area contributed by atoms with Crippen molar-refractivity contribution in [3.63, 3.8) is 0 Å². The summed E-state index contributed by atoms with van der Waals surface area (Å²) in [5, 5.41) is 19.4. The summed E-state index contributed by atoms with van der Waals surface area (Å²) in [5.41, 5.74) is 2.62. The lowest BCUT2D eigenvalue weighted by Gasteiger charge is -2.26. The third kappa shape index (κ3) is 3.62. The van der Waals surface area contributed by atoms with Crippen LogP contribution >= 0.6 is 11.3 Å². The van der Waals surface area contributed by atoms with E-state index >= 15 is 0 Å². The van der Waals surface area contributed by atoms with Crippen molar-refractivity contribution in [1.29, 1.82) is 0 Å². The molecule has 1 saturated heterocycles. The number of amides is 1. The van der Waals surface area contributed by atoms with Crippen molar-refractivity contribution in [2.45, 2.75) is 19.4 Å². The Morgan fingerprint density at radius 1 is 1.26 bits per heavy atom. The number of hydrogen-bond acceptors (Lipinski definition) is 7. The molecule has 1 aromatic carbocycles. The van der Waals surface area contributed by atoms with Crippen LogP contribution in [0.25, 0.3) is 10.5 Å². The van der Waals surface area contributed by atoms with Gasteiger partial charge in [0.25, 0.3) is 5.91 Å². The first-order chi connectivity index (χ1) is 15.2. The van der Waals surface area contributed by atoms with Crippen LogP contribution < -0.4 is 0 Å². The Hall–Kier alpha value is -3.08. The number of hydrogen-bond donors (Lipinski definition) is 1. The zero-order valence-corrected chi connectivity index (χ0v) is 17.8. The van der Waals surface area contributed by atoms with Crippen LogP contribution in [0.4, 0.5) is 0 Å². The van der Waals surface area contributed by atoms with Gasteiger partial charge in [-0.3, -0.25) is 9.20 Å². The highest BCUT2D eigenvalue weighted by Gasteiger charge is 2.23. The van der Waals surface area contributed by atoms with Crippen LogP contribution in [0.3, 0.4) is 0 Å². The van der Waals surface area contributed by atoms with Crippen molar-refractivity contribution in [3.05, 3.63) is 64.8 Å². The van der Waals surface area contributed by atoms with Crippen LogP contribution in [0, 0.1) is 0 Å². The molecule has 1 amide bonds. The molecule has 1 atom stereocenters. The first-order valence-electron chi connectivity index (χ1n) is 10.2. The number of ether oxygens (including phenoxy) is 1. The van der Waals surface area contributed by atoms with E-state index in [2.05, 4.69) is 22.2 Å². The number of imidazole rings is 1. The van der Waals surface area contributed by atoms with Crippen LogP contribution in [0.1, 0.15) is 39.7 Å². The van der Waals surface area contributed by atoms with E-state index in [1.807, 2.05) is 16.5 Å². The van der Waals surface area contributed by atoms with Crippen molar-refractivity contribution >= 4 is 22.1 Å². The average Bonchev–Trinajstić information content (AvgIpc) is 3.55. The molecule has 31 heavy (non-hydrogen) atoms. The third-order valence-electron chi connectivity index (χ3n) is 5.43. The fraction of sp³-hybridized carbons (Fsp3) is 0.333. The van der Waals surface area contributed by atoms with E-state index in [1.165, 1.54) is 0 Å². The number of aromatic nitrogens is 5. The summed E-state index contributed by atoms with van der Waals surface area (Å²) in [7, 11) is 0. The summed E-state index contributed by atoms with van der Waals surface area (Å²) >= 11 is 1.61. The summed E-state index contributed by atoms with van der Waals surface area (Å²) < 4.78 is 8.81. The van der Waals surface area contributed by atoms with E-state index in [4.69, 9.17) is 4.74 Å². The van der Waals surface area contributed by atoms with Crippen LogP contribution in [0.2, 0.25) is 0 Å². The first kappa shape index (κ1) is 19.9. The number of carbonyl (C=O) groups is 1. The molecule has 0 aliphatic carbocycles. The highest BCUT2D eigenvalue weighted by molar-refractivity contribution is 7.17. The van der Waals surface area contributed by atoms with Gasteiger partial charge in [0.1, 0.15) is 23.0 Å². The highest BCUT2D eigenvalue weighted by atomic mass is 32.1. The number of rotatable bonds is 5. The SMILES string of the molecule is CCc1sc2cncn2c1C(O)c1cn(-c2ccc(C(=O)N3CCOCC3)cc2)nn1.